The summed E-state index contributed by atoms with van der Waals surface area (Å²) in [5.41, 5.74) is 2.97. The van der Waals surface area contributed by atoms with Crippen molar-refractivity contribution in [3.63, 3.8) is 0 Å². The summed E-state index contributed by atoms with van der Waals surface area (Å²) < 4.78 is 32.8. The van der Waals surface area contributed by atoms with Crippen LogP contribution in [0.5, 0.6) is 5.75 Å². The van der Waals surface area contributed by atoms with E-state index in [0.717, 1.165) is 48.0 Å². The molecule has 0 spiro atoms. The molecule has 166 valence electrons. The number of carbonyl (C=O) groups is 1. The van der Waals surface area contributed by atoms with Crippen LogP contribution in [0.3, 0.4) is 0 Å². The molecule has 0 bridgehead atoms. The highest BCUT2D eigenvalue weighted by Crippen LogP contribution is 2.30. The molecule has 1 atom stereocenters. The lowest BCUT2D eigenvalue weighted by atomic mass is 9.96. The number of methoxy groups -OCH3 is 1. The van der Waals surface area contributed by atoms with Gasteiger partial charge in [-0.25, -0.2) is 8.78 Å². The number of benzene rings is 3. The first-order valence-corrected chi connectivity index (χ1v) is 10.7. The SMILES string of the molecule is COc1ccc(-c2ccccc2NC(=O)[C@@H]2CCCN(Cc3cccc(F)c3F)C2)cc1. The lowest BCUT2D eigenvalue weighted by molar-refractivity contribution is -0.121. The highest BCUT2D eigenvalue weighted by atomic mass is 19.2. The van der Waals surface area contributed by atoms with Crippen LogP contribution in [-0.2, 0) is 11.3 Å². The Balaban J connectivity index is 1.45. The normalized spacial score (nSPS) is 16.5. The van der Waals surface area contributed by atoms with Gasteiger partial charge in [0.15, 0.2) is 11.6 Å². The first-order valence-electron chi connectivity index (χ1n) is 10.7. The second-order valence-electron chi connectivity index (χ2n) is 8.05. The van der Waals surface area contributed by atoms with Crippen LogP contribution >= 0.6 is 0 Å². The number of hydrogen-bond acceptors (Lipinski definition) is 3. The zero-order valence-electron chi connectivity index (χ0n) is 18.0. The molecule has 0 aromatic heterocycles. The van der Waals surface area contributed by atoms with Gasteiger partial charge in [-0.3, -0.25) is 9.69 Å². The predicted octanol–water partition coefficient (Wildman–Crippen LogP) is 5.49. The molecule has 0 saturated carbocycles. The van der Waals surface area contributed by atoms with Gasteiger partial charge in [-0.15, -0.1) is 0 Å². The summed E-state index contributed by atoms with van der Waals surface area (Å²) in [6.07, 6.45) is 1.59. The van der Waals surface area contributed by atoms with E-state index in [9.17, 15) is 13.6 Å². The number of amides is 1. The van der Waals surface area contributed by atoms with Gasteiger partial charge in [0.25, 0.3) is 0 Å². The Kier molecular flexibility index (Phi) is 6.81. The summed E-state index contributed by atoms with van der Waals surface area (Å²) in [6.45, 7) is 1.55. The summed E-state index contributed by atoms with van der Waals surface area (Å²) in [5, 5.41) is 3.08. The minimum Gasteiger partial charge on any atom is -0.497 e. The third-order valence-corrected chi connectivity index (χ3v) is 5.89. The molecule has 1 heterocycles. The van der Waals surface area contributed by atoms with Crippen LogP contribution in [0, 0.1) is 17.6 Å². The quantitative estimate of drug-likeness (QED) is 0.556. The molecule has 1 N–H and O–H groups in total. The lowest BCUT2D eigenvalue weighted by Gasteiger charge is -2.32. The van der Waals surface area contributed by atoms with Gasteiger partial charge in [0, 0.05) is 29.9 Å². The van der Waals surface area contributed by atoms with Crippen LogP contribution in [0.2, 0.25) is 0 Å². The second kappa shape index (κ2) is 9.92. The van der Waals surface area contributed by atoms with Gasteiger partial charge in [-0.2, -0.15) is 0 Å². The third kappa shape index (κ3) is 4.97. The van der Waals surface area contributed by atoms with E-state index in [1.165, 1.54) is 6.07 Å². The van der Waals surface area contributed by atoms with Crippen molar-refractivity contribution in [1.29, 1.82) is 0 Å². The molecule has 1 fully saturated rings. The van der Waals surface area contributed by atoms with E-state index in [2.05, 4.69) is 5.32 Å². The molecule has 0 unspecified atom stereocenters. The number of anilines is 1. The van der Waals surface area contributed by atoms with Gasteiger partial charge in [-0.05, 0) is 49.2 Å². The van der Waals surface area contributed by atoms with Gasteiger partial charge in [0.2, 0.25) is 5.91 Å². The minimum atomic E-state index is -0.844. The van der Waals surface area contributed by atoms with Crippen LogP contribution < -0.4 is 10.1 Å². The fourth-order valence-corrected chi connectivity index (χ4v) is 4.17. The molecule has 1 saturated heterocycles. The number of rotatable bonds is 6. The summed E-state index contributed by atoms with van der Waals surface area (Å²) >= 11 is 0. The van der Waals surface area contributed by atoms with Gasteiger partial charge >= 0.3 is 0 Å². The highest BCUT2D eigenvalue weighted by Gasteiger charge is 2.27. The van der Waals surface area contributed by atoms with E-state index in [4.69, 9.17) is 4.74 Å². The maximum atomic E-state index is 14.1. The van der Waals surface area contributed by atoms with E-state index in [1.807, 2.05) is 53.4 Å². The standard InChI is InChI=1S/C26H26F2N2O2/c1-32-21-13-11-18(12-14-21)22-8-2-3-10-24(22)29-26(31)20-7-5-15-30(17-20)16-19-6-4-9-23(27)25(19)28/h2-4,6,8-14,20H,5,7,15-17H2,1H3,(H,29,31)/t20-/m1/s1. The van der Waals surface area contributed by atoms with E-state index in [1.54, 1.807) is 13.2 Å². The maximum absolute atomic E-state index is 14.1. The molecular weight excluding hydrogens is 410 g/mol. The molecular formula is C26H26F2N2O2. The number of nitrogens with zero attached hydrogens (tertiary/aromatic N) is 1. The van der Waals surface area contributed by atoms with Gasteiger partial charge in [-0.1, -0.05) is 42.5 Å². The molecule has 1 aliphatic rings. The number of ether oxygens (including phenoxy) is 1. The van der Waals surface area contributed by atoms with Crippen molar-refractivity contribution in [3.8, 4) is 16.9 Å². The summed E-state index contributed by atoms with van der Waals surface area (Å²) in [6, 6.07) is 19.6. The van der Waals surface area contributed by atoms with Crippen molar-refractivity contribution in [2.45, 2.75) is 19.4 Å². The molecule has 6 heteroatoms. The van der Waals surface area contributed by atoms with Crippen molar-refractivity contribution in [2.24, 2.45) is 5.92 Å². The third-order valence-electron chi connectivity index (χ3n) is 5.89. The number of carbonyl (C=O) groups excluding carboxylic acids is 1. The Bertz CT molecular complexity index is 1090. The zero-order chi connectivity index (χ0) is 22.5. The van der Waals surface area contributed by atoms with E-state index in [-0.39, 0.29) is 18.4 Å². The van der Waals surface area contributed by atoms with Crippen LogP contribution in [0.1, 0.15) is 18.4 Å². The largest absolute Gasteiger partial charge is 0.497 e. The number of likely N-dealkylation sites (tertiary alicyclic amines) is 1. The molecule has 1 amide bonds. The van der Waals surface area contributed by atoms with E-state index >= 15 is 0 Å². The number of para-hydroxylation sites is 1. The Labute approximate surface area is 186 Å². The van der Waals surface area contributed by atoms with Gasteiger partial charge < -0.3 is 10.1 Å². The summed E-state index contributed by atoms with van der Waals surface area (Å²) in [7, 11) is 1.62. The Hall–Kier alpha value is -3.25. The first-order chi connectivity index (χ1) is 15.5. The molecule has 1 aliphatic heterocycles. The van der Waals surface area contributed by atoms with Crippen molar-refractivity contribution in [1.82, 2.24) is 4.90 Å². The van der Waals surface area contributed by atoms with Gasteiger partial charge in [0.1, 0.15) is 5.75 Å². The number of piperidine rings is 1. The second-order valence-corrected chi connectivity index (χ2v) is 8.05. The number of hydrogen-bond donors (Lipinski definition) is 1. The molecule has 32 heavy (non-hydrogen) atoms. The Morgan fingerprint density at radius 1 is 1.06 bits per heavy atom. The molecule has 4 nitrogen and oxygen atoms in total. The maximum Gasteiger partial charge on any atom is 0.228 e. The van der Waals surface area contributed by atoms with Crippen LogP contribution in [0.15, 0.2) is 66.7 Å². The number of halogens is 2. The lowest BCUT2D eigenvalue weighted by Crippen LogP contribution is -2.40. The Morgan fingerprint density at radius 2 is 1.84 bits per heavy atom. The average Bonchev–Trinajstić information content (AvgIpc) is 2.83. The van der Waals surface area contributed by atoms with E-state index < -0.39 is 11.6 Å². The molecule has 4 rings (SSSR count). The van der Waals surface area contributed by atoms with Crippen LogP contribution in [0.25, 0.3) is 11.1 Å². The average molecular weight is 437 g/mol. The molecule has 3 aromatic rings. The summed E-state index contributed by atoms with van der Waals surface area (Å²) in [5.74, 6) is -1.16. The van der Waals surface area contributed by atoms with Crippen molar-refractivity contribution in [2.75, 3.05) is 25.5 Å². The van der Waals surface area contributed by atoms with E-state index in [0.29, 0.717) is 12.1 Å². The Morgan fingerprint density at radius 3 is 2.62 bits per heavy atom. The zero-order valence-corrected chi connectivity index (χ0v) is 18.0. The molecule has 3 aromatic carbocycles. The minimum absolute atomic E-state index is 0.0598. The van der Waals surface area contributed by atoms with Crippen molar-refractivity contribution in [3.05, 3.63) is 83.9 Å². The predicted molar refractivity (Wildman–Crippen MR) is 121 cm³/mol. The smallest absolute Gasteiger partial charge is 0.228 e. The fraction of sp³-hybridized carbons (Fsp3) is 0.269. The van der Waals surface area contributed by atoms with Crippen LogP contribution in [0.4, 0.5) is 14.5 Å². The molecule has 0 aliphatic carbocycles. The highest BCUT2D eigenvalue weighted by molar-refractivity contribution is 5.97. The number of nitrogens with one attached hydrogen (secondary N) is 1. The van der Waals surface area contributed by atoms with Crippen molar-refractivity contribution >= 4 is 11.6 Å². The van der Waals surface area contributed by atoms with Crippen molar-refractivity contribution < 1.29 is 18.3 Å². The molecule has 0 radical (unpaired) electrons. The van der Waals surface area contributed by atoms with Gasteiger partial charge in [0.05, 0.1) is 13.0 Å². The topological polar surface area (TPSA) is 41.6 Å². The monoisotopic (exact) mass is 436 g/mol. The fourth-order valence-electron chi connectivity index (χ4n) is 4.17. The first kappa shape index (κ1) is 22.0. The van der Waals surface area contributed by atoms with Crippen LogP contribution in [-0.4, -0.2) is 31.0 Å². The summed E-state index contributed by atoms with van der Waals surface area (Å²) in [4.78, 5) is 15.1.